The molecule has 1 fully saturated rings. The molecule has 0 aromatic heterocycles. The molecular weight excluding hydrogens is 298 g/mol. The van der Waals surface area contributed by atoms with Crippen molar-refractivity contribution in [3.05, 3.63) is 35.3 Å². The molecule has 116 valence electrons. The highest BCUT2D eigenvalue weighted by atomic mass is 32.2. The minimum absolute atomic E-state index is 0.0405. The monoisotopic (exact) mass is 317 g/mol. The highest BCUT2D eigenvalue weighted by Gasteiger charge is 2.27. The van der Waals surface area contributed by atoms with Crippen LogP contribution in [0.5, 0.6) is 0 Å². The number of amides is 2. The summed E-state index contributed by atoms with van der Waals surface area (Å²) in [6.07, 6.45) is 9.11. The van der Waals surface area contributed by atoms with E-state index in [2.05, 4.69) is 16.8 Å². The van der Waals surface area contributed by atoms with Gasteiger partial charge in [-0.15, -0.1) is 11.8 Å². The number of hydrogen-bond donors (Lipinski definition) is 0. The molecule has 3 rings (SSSR count). The number of nitrogens with zero attached hydrogens (tertiary/aromatic N) is 3. The molecule has 1 aliphatic carbocycles. The molecule has 2 aliphatic heterocycles. The third-order valence-electron chi connectivity index (χ3n) is 4.04. The third-order valence-corrected chi connectivity index (χ3v) is 5.24. The minimum atomic E-state index is -0.309. The van der Waals surface area contributed by atoms with E-state index in [1.807, 2.05) is 29.2 Å². The van der Waals surface area contributed by atoms with Crippen molar-refractivity contribution in [1.29, 1.82) is 0 Å². The molecule has 5 nitrogen and oxygen atoms in total. The Morgan fingerprint density at radius 2 is 2.14 bits per heavy atom. The first-order valence-electron chi connectivity index (χ1n) is 7.55. The Kier molecular flexibility index (Phi) is 4.59. The van der Waals surface area contributed by atoms with Gasteiger partial charge in [0.25, 0.3) is 5.91 Å². The van der Waals surface area contributed by atoms with Crippen LogP contribution in [-0.4, -0.2) is 65.3 Å². The van der Waals surface area contributed by atoms with E-state index in [0.717, 1.165) is 38.4 Å². The zero-order chi connectivity index (χ0) is 15.5. The molecule has 2 heterocycles. The molecule has 6 heteroatoms. The maximum absolute atomic E-state index is 12.4. The van der Waals surface area contributed by atoms with Crippen molar-refractivity contribution >= 4 is 29.3 Å². The van der Waals surface area contributed by atoms with Gasteiger partial charge in [-0.25, -0.2) is 4.99 Å². The summed E-state index contributed by atoms with van der Waals surface area (Å²) in [5.74, 6) is -0.391. The topological polar surface area (TPSA) is 53.0 Å². The fourth-order valence-electron chi connectivity index (χ4n) is 2.66. The van der Waals surface area contributed by atoms with Gasteiger partial charge in [-0.1, -0.05) is 25.2 Å². The SMILES string of the molecule is CCN1CCN(C(=O)/C=C2\SC3C=CC=CC3=NC2=O)CC1. The van der Waals surface area contributed by atoms with Gasteiger partial charge in [0.2, 0.25) is 5.91 Å². The van der Waals surface area contributed by atoms with Crippen LogP contribution in [0.4, 0.5) is 0 Å². The fraction of sp³-hybridized carbons (Fsp3) is 0.438. The Labute approximate surface area is 134 Å². The summed E-state index contributed by atoms with van der Waals surface area (Å²) < 4.78 is 0. The quantitative estimate of drug-likeness (QED) is 0.719. The first-order chi connectivity index (χ1) is 10.7. The Hall–Kier alpha value is -1.66. The molecular formula is C16H19N3O2S. The number of hydrogen-bond acceptors (Lipinski definition) is 4. The van der Waals surface area contributed by atoms with Crippen molar-refractivity contribution in [3.8, 4) is 0 Å². The van der Waals surface area contributed by atoms with Crippen molar-refractivity contribution in [2.75, 3.05) is 32.7 Å². The standard InChI is InChI=1S/C16H19N3O2S/c1-2-18-7-9-19(10-8-18)15(20)11-14-16(21)17-12-5-3-4-6-13(12)22-14/h3-6,11,13H,2,7-10H2,1H3/b14-11-. The molecule has 2 amide bonds. The lowest BCUT2D eigenvalue weighted by molar-refractivity contribution is -0.128. The van der Waals surface area contributed by atoms with Crippen LogP contribution in [0.15, 0.2) is 40.3 Å². The third kappa shape index (κ3) is 3.23. The highest BCUT2D eigenvalue weighted by Crippen LogP contribution is 2.31. The van der Waals surface area contributed by atoms with Gasteiger partial charge in [0, 0.05) is 32.3 Å². The lowest BCUT2D eigenvalue weighted by Crippen LogP contribution is -2.48. The van der Waals surface area contributed by atoms with Crippen molar-refractivity contribution in [2.45, 2.75) is 12.2 Å². The first-order valence-corrected chi connectivity index (χ1v) is 8.42. The molecule has 0 aromatic carbocycles. The smallest absolute Gasteiger partial charge is 0.283 e. The molecule has 0 N–H and O–H groups in total. The Morgan fingerprint density at radius 3 is 2.86 bits per heavy atom. The zero-order valence-corrected chi connectivity index (χ0v) is 13.4. The van der Waals surface area contributed by atoms with E-state index < -0.39 is 0 Å². The minimum Gasteiger partial charge on any atom is -0.337 e. The summed E-state index contributed by atoms with van der Waals surface area (Å²) in [5.41, 5.74) is 0.763. The zero-order valence-electron chi connectivity index (χ0n) is 12.6. The average molecular weight is 317 g/mol. The van der Waals surface area contributed by atoms with Gasteiger partial charge in [0.1, 0.15) is 0 Å². The maximum Gasteiger partial charge on any atom is 0.283 e. The van der Waals surface area contributed by atoms with E-state index in [4.69, 9.17) is 0 Å². The molecule has 0 radical (unpaired) electrons. The van der Waals surface area contributed by atoms with Gasteiger partial charge in [0.05, 0.1) is 15.9 Å². The number of carbonyl (C=O) groups excluding carboxylic acids is 2. The van der Waals surface area contributed by atoms with Gasteiger partial charge in [-0.3, -0.25) is 9.59 Å². The highest BCUT2D eigenvalue weighted by molar-refractivity contribution is 8.05. The van der Waals surface area contributed by atoms with E-state index >= 15 is 0 Å². The number of thioether (sulfide) groups is 1. The fourth-order valence-corrected chi connectivity index (χ4v) is 3.67. The number of rotatable bonds is 2. The number of carbonyl (C=O) groups is 2. The Morgan fingerprint density at radius 1 is 1.36 bits per heavy atom. The summed E-state index contributed by atoms with van der Waals surface area (Å²) in [4.78, 5) is 33.0. The normalized spacial score (nSPS) is 27.0. The summed E-state index contributed by atoms with van der Waals surface area (Å²) in [6, 6.07) is 0. The largest absolute Gasteiger partial charge is 0.337 e. The molecule has 3 aliphatic rings. The van der Waals surface area contributed by atoms with E-state index in [1.54, 1.807) is 0 Å². The predicted octanol–water partition coefficient (Wildman–Crippen LogP) is 1.24. The van der Waals surface area contributed by atoms with E-state index in [9.17, 15) is 9.59 Å². The van der Waals surface area contributed by atoms with Crippen LogP contribution in [0.3, 0.4) is 0 Å². The number of allylic oxidation sites excluding steroid dienone is 3. The first kappa shape index (κ1) is 15.2. The van der Waals surface area contributed by atoms with Crippen LogP contribution >= 0.6 is 11.8 Å². The molecule has 0 aromatic rings. The van der Waals surface area contributed by atoms with Crippen LogP contribution < -0.4 is 0 Å². The summed E-state index contributed by atoms with van der Waals surface area (Å²) >= 11 is 1.41. The Bertz CT molecular complexity index is 599. The Balaban J connectivity index is 1.69. The van der Waals surface area contributed by atoms with Crippen molar-refractivity contribution < 1.29 is 9.59 Å². The lowest BCUT2D eigenvalue weighted by Gasteiger charge is -2.33. The summed E-state index contributed by atoms with van der Waals surface area (Å²) in [5, 5.41) is 0.0405. The van der Waals surface area contributed by atoms with Gasteiger partial charge in [-0.2, -0.15) is 0 Å². The van der Waals surface area contributed by atoms with Gasteiger partial charge in [0.15, 0.2) is 0 Å². The second-order valence-corrected chi connectivity index (χ2v) is 6.58. The second kappa shape index (κ2) is 6.62. The molecule has 22 heavy (non-hydrogen) atoms. The van der Waals surface area contributed by atoms with Crippen LogP contribution in [0.2, 0.25) is 0 Å². The average Bonchev–Trinajstić information content (AvgIpc) is 2.55. The van der Waals surface area contributed by atoms with Crippen LogP contribution in [-0.2, 0) is 9.59 Å². The lowest BCUT2D eigenvalue weighted by atomic mass is 10.1. The number of likely N-dealkylation sites (N-methyl/N-ethyl adjacent to an activating group) is 1. The summed E-state index contributed by atoms with van der Waals surface area (Å²) in [7, 11) is 0. The van der Waals surface area contributed by atoms with Crippen LogP contribution in [0.25, 0.3) is 0 Å². The van der Waals surface area contributed by atoms with Crippen molar-refractivity contribution in [1.82, 2.24) is 9.80 Å². The molecule has 1 unspecified atom stereocenters. The van der Waals surface area contributed by atoms with E-state index in [-0.39, 0.29) is 17.1 Å². The molecule has 1 saturated heterocycles. The number of fused-ring (bicyclic) bond motifs is 1. The van der Waals surface area contributed by atoms with E-state index in [1.165, 1.54) is 17.8 Å². The predicted molar refractivity (Wildman–Crippen MR) is 88.9 cm³/mol. The van der Waals surface area contributed by atoms with E-state index in [0.29, 0.717) is 4.91 Å². The molecule has 1 atom stereocenters. The van der Waals surface area contributed by atoms with Gasteiger partial charge >= 0.3 is 0 Å². The van der Waals surface area contributed by atoms with Crippen LogP contribution in [0.1, 0.15) is 6.92 Å². The second-order valence-electron chi connectivity index (χ2n) is 5.39. The van der Waals surface area contributed by atoms with Crippen molar-refractivity contribution in [3.63, 3.8) is 0 Å². The summed E-state index contributed by atoms with van der Waals surface area (Å²) in [6.45, 7) is 6.36. The van der Waals surface area contributed by atoms with Gasteiger partial charge in [-0.05, 0) is 12.6 Å². The number of piperazine rings is 1. The molecule has 0 saturated carbocycles. The molecule has 0 spiro atoms. The molecule has 0 bridgehead atoms. The van der Waals surface area contributed by atoms with Gasteiger partial charge < -0.3 is 9.80 Å². The maximum atomic E-state index is 12.4. The van der Waals surface area contributed by atoms with Crippen LogP contribution in [0, 0.1) is 0 Å². The van der Waals surface area contributed by atoms with Crippen molar-refractivity contribution in [2.24, 2.45) is 4.99 Å². The number of aliphatic imine (C=N–C) groups is 1.